The monoisotopic (exact) mass is 312 g/mol. The zero-order chi connectivity index (χ0) is 15.9. The number of thioether (sulfide) groups is 1. The maximum absolute atomic E-state index is 11.9. The van der Waals surface area contributed by atoms with Crippen molar-refractivity contribution < 1.29 is 4.79 Å². The minimum atomic E-state index is -0.311. The molecule has 22 heavy (non-hydrogen) atoms. The minimum Gasteiger partial charge on any atom is -0.306 e. The highest BCUT2D eigenvalue weighted by molar-refractivity contribution is 7.99. The molecule has 0 aliphatic carbocycles. The maximum Gasteiger partial charge on any atom is 0.249 e. The molecule has 6 heteroatoms. The fraction of sp³-hybridized carbons (Fsp3) is 0.188. The maximum atomic E-state index is 11.9. The van der Waals surface area contributed by atoms with Crippen LogP contribution in [0, 0.1) is 18.3 Å². The molecule has 5 nitrogen and oxygen atoms in total. The van der Waals surface area contributed by atoms with Gasteiger partial charge >= 0.3 is 0 Å². The summed E-state index contributed by atoms with van der Waals surface area (Å²) in [5.41, 5.74) is 2.47. The summed E-state index contributed by atoms with van der Waals surface area (Å²) in [7, 11) is 0. The normalized spacial score (nSPS) is 10.6. The summed E-state index contributed by atoms with van der Waals surface area (Å²) >= 11 is 1.45. The van der Waals surface area contributed by atoms with Crippen LogP contribution < -0.4 is 5.32 Å². The van der Waals surface area contributed by atoms with Crippen LogP contribution in [0.25, 0.3) is 6.08 Å². The van der Waals surface area contributed by atoms with E-state index in [9.17, 15) is 4.79 Å². The fourth-order valence-corrected chi connectivity index (χ4v) is 2.45. The van der Waals surface area contributed by atoms with E-state index < -0.39 is 0 Å². The van der Waals surface area contributed by atoms with E-state index in [1.165, 1.54) is 23.4 Å². The second kappa shape index (κ2) is 7.48. The third-order valence-electron chi connectivity index (χ3n) is 2.88. The summed E-state index contributed by atoms with van der Waals surface area (Å²) in [5.74, 6) is 0.825. The lowest BCUT2D eigenvalue weighted by atomic mass is 10.1. The summed E-state index contributed by atoms with van der Waals surface area (Å²) in [6.07, 6.45) is 3.15. The summed E-state index contributed by atoms with van der Waals surface area (Å²) in [6, 6.07) is 9.90. The summed E-state index contributed by atoms with van der Waals surface area (Å²) < 4.78 is 0. The Morgan fingerprint density at radius 3 is 2.82 bits per heavy atom. The molecule has 2 aromatic rings. The Kier molecular flexibility index (Phi) is 5.39. The highest BCUT2D eigenvalue weighted by Crippen LogP contribution is 2.24. The number of carbonyl (C=O) groups is 1. The Balaban J connectivity index is 2.06. The van der Waals surface area contributed by atoms with E-state index in [2.05, 4.69) is 21.6 Å². The zero-order valence-electron chi connectivity index (χ0n) is 12.4. The van der Waals surface area contributed by atoms with Gasteiger partial charge in [-0.15, -0.1) is 11.8 Å². The van der Waals surface area contributed by atoms with E-state index >= 15 is 0 Å². The predicted octanol–water partition coefficient (Wildman–Crippen LogP) is 3.35. The fourth-order valence-electron chi connectivity index (χ4n) is 1.78. The quantitative estimate of drug-likeness (QED) is 0.655. The van der Waals surface area contributed by atoms with Crippen LogP contribution in [-0.2, 0) is 4.79 Å². The summed E-state index contributed by atoms with van der Waals surface area (Å²) in [6.45, 7) is 3.98. The number of carbonyl (C=O) groups excluding carboxylic acids is 1. The van der Waals surface area contributed by atoms with Crippen LogP contribution in [0.2, 0.25) is 0 Å². The van der Waals surface area contributed by atoms with Gasteiger partial charge in [0.1, 0.15) is 22.5 Å². The van der Waals surface area contributed by atoms with Gasteiger partial charge in [0.2, 0.25) is 5.91 Å². The topological polar surface area (TPSA) is 81.6 Å². The van der Waals surface area contributed by atoms with Gasteiger partial charge in [-0.1, -0.05) is 36.8 Å². The first-order chi connectivity index (χ1) is 10.6. The Hall–Kier alpha value is -2.52. The average Bonchev–Trinajstić information content (AvgIpc) is 2.89. The Morgan fingerprint density at radius 1 is 1.45 bits per heavy atom. The van der Waals surface area contributed by atoms with Crippen molar-refractivity contribution in [2.75, 3.05) is 11.1 Å². The molecule has 1 amide bonds. The molecule has 0 bridgehead atoms. The van der Waals surface area contributed by atoms with Gasteiger partial charge < -0.3 is 5.32 Å². The predicted molar refractivity (Wildman–Crippen MR) is 88.5 cm³/mol. The van der Waals surface area contributed by atoms with E-state index in [4.69, 9.17) is 5.26 Å². The van der Waals surface area contributed by atoms with Crippen LogP contribution in [-0.4, -0.2) is 21.9 Å². The van der Waals surface area contributed by atoms with Crippen molar-refractivity contribution >= 4 is 29.6 Å². The van der Waals surface area contributed by atoms with Crippen LogP contribution in [0.5, 0.6) is 0 Å². The largest absolute Gasteiger partial charge is 0.306 e. The van der Waals surface area contributed by atoms with Crippen molar-refractivity contribution in [3.63, 3.8) is 0 Å². The molecule has 0 radical (unpaired) electrons. The van der Waals surface area contributed by atoms with E-state index in [0.29, 0.717) is 16.4 Å². The molecule has 1 aromatic heterocycles. The van der Waals surface area contributed by atoms with Crippen LogP contribution in [0.4, 0.5) is 5.82 Å². The average molecular weight is 312 g/mol. The van der Waals surface area contributed by atoms with Crippen molar-refractivity contribution in [1.29, 1.82) is 5.26 Å². The third kappa shape index (κ3) is 3.99. The number of benzene rings is 1. The molecule has 0 unspecified atom stereocenters. The van der Waals surface area contributed by atoms with Gasteiger partial charge in [0.25, 0.3) is 0 Å². The van der Waals surface area contributed by atoms with Crippen molar-refractivity contribution in [3.8, 4) is 6.07 Å². The molecule has 2 N–H and O–H groups in total. The Labute approximate surface area is 133 Å². The van der Waals surface area contributed by atoms with Crippen molar-refractivity contribution in [1.82, 2.24) is 10.2 Å². The van der Waals surface area contributed by atoms with Crippen LogP contribution in [0.15, 0.2) is 35.4 Å². The first kappa shape index (κ1) is 15.9. The van der Waals surface area contributed by atoms with Gasteiger partial charge in [-0.05, 0) is 24.3 Å². The second-order valence-corrected chi connectivity index (χ2v) is 5.81. The number of nitrogens with zero attached hydrogens (tertiary/aromatic N) is 2. The second-order valence-electron chi connectivity index (χ2n) is 4.56. The Morgan fingerprint density at radius 2 is 2.18 bits per heavy atom. The van der Waals surface area contributed by atoms with Crippen molar-refractivity contribution in [2.24, 2.45) is 0 Å². The van der Waals surface area contributed by atoms with Crippen LogP contribution >= 0.6 is 11.8 Å². The molecule has 2 rings (SSSR count). The summed E-state index contributed by atoms with van der Waals surface area (Å²) in [5, 5.41) is 19.1. The SMILES string of the molecule is CCSc1n[nH]c(NC(=O)C=Cc2ccc(C)cc2)c1C#N. The lowest BCUT2D eigenvalue weighted by molar-refractivity contribution is -0.111. The first-order valence-electron chi connectivity index (χ1n) is 6.81. The van der Waals surface area contributed by atoms with Gasteiger partial charge in [0.15, 0.2) is 0 Å². The molecule has 0 fully saturated rings. The Bertz CT molecular complexity index is 726. The molecular weight excluding hydrogens is 296 g/mol. The van der Waals surface area contributed by atoms with E-state index in [0.717, 1.165) is 11.3 Å². The molecule has 0 atom stereocenters. The number of hydrogen-bond acceptors (Lipinski definition) is 4. The molecular formula is C16H16N4OS. The number of hydrogen-bond donors (Lipinski definition) is 2. The van der Waals surface area contributed by atoms with Gasteiger partial charge in [-0.3, -0.25) is 9.89 Å². The van der Waals surface area contributed by atoms with Gasteiger partial charge in [-0.2, -0.15) is 10.4 Å². The van der Waals surface area contributed by atoms with E-state index in [1.807, 2.05) is 38.1 Å². The molecule has 0 saturated carbocycles. The minimum absolute atomic E-state index is 0.311. The third-order valence-corrected chi connectivity index (χ3v) is 3.74. The standard InChI is InChI=1S/C16H16N4OS/c1-3-22-16-13(10-17)15(19-20-16)18-14(21)9-8-12-6-4-11(2)5-7-12/h4-9H,3H2,1-2H3,(H2,18,19,20,21). The number of rotatable bonds is 5. The van der Waals surface area contributed by atoms with Gasteiger partial charge in [-0.25, -0.2) is 0 Å². The zero-order valence-corrected chi connectivity index (χ0v) is 13.2. The number of anilines is 1. The van der Waals surface area contributed by atoms with E-state index in [1.54, 1.807) is 6.08 Å². The number of amides is 1. The summed E-state index contributed by atoms with van der Waals surface area (Å²) in [4.78, 5) is 11.9. The molecule has 0 aliphatic heterocycles. The molecule has 0 spiro atoms. The van der Waals surface area contributed by atoms with Gasteiger partial charge in [0.05, 0.1) is 0 Å². The highest BCUT2D eigenvalue weighted by Gasteiger charge is 2.13. The number of aromatic amines is 1. The molecule has 112 valence electrons. The number of nitrogens with one attached hydrogen (secondary N) is 2. The number of aromatic nitrogens is 2. The molecule has 1 heterocycles. The smallest absolute Gasteiger partial charge is 0.249 e. The highest BCUT2D eigenvalue weighted by atomic mass is 32.2. The van der Waals surface area contributed by atoms with Gasteiger partial charge in [0, 0.05) is 6.08 Å². The first-order valence-corrected chi connectivity index (χ1v) is 7.79. The van der Waals surface area contributed by atoms with Crippen LogP contribution in [0.1, 0.15) is 23.6 Å². The molecule has 0 saturated heterocycles. The number of aryl methyl sites for hydroxylation is 1. The lowest BCUT2D eigenvalue weighted by Gasteiger charge is -1.99. The van der Waals surface area contributed by atoms with Crippen LogP contribution in [0.3, 0.4) is 0 Å². The van der Waals surface area contributed by atoms with Crippen molar-refractivity contribution in [2.45, 2.75) is 18.9 Å². The number of H-pyrrole nitrogens is 1. The van der Waals surface area contributed by atoms with Crippen molar-refractivity contribution in [3.05, 3.63) is 47.0 Å². The molecule has 0 aliphatic rings. The number of nitriles is 1. The lowest BCUT2D eigenvalue weighted by Crippen LogP contribution is -2.09. The molecule has 1 aromatic carbocycles. The van der Waals surface area contributed by atoms with E-state index in [-0.39, 0.29) is 5.91 Å².